The maximum Gasteiger partial charge on any atom is 0.345 e. The van der Waals surface area contributed by atoms with E-state index in [0.717, 1.165) is 24.3 Å². The summed E-state index contributed by atoms with van der Waals surface area (Å²) in [4.78, 5) is 23.5. The lowest BCUT2D eigenvalue weighted by atomic mass is 10.1. The second-order valence-corrected chi connectivity index (χ2v) is 11.3. The minimum absolute atomic E-state index is 0.0712. The summed E-state index contributed by atoms with van der Waals surface area (Å²) in [6, 6.07) is 17.5. The van der Waals surface area contributed by atoms with Gasteiger partial charge in [0.25, 0.3) is 5.69 Å². The molecule has 6 nitrogen and oxygen atoms in total. The van der Waals surface area contributed by atoms with Crippen molar-refractivity contribution in [2.24, 2.45) is 0 Å². The van der Waals surface area contributed by atoms with E-state index >= 15 is 0 Å². The van der Waals surface area contributed by atoms with Gasteiger partial charge in [0, 0.05) is 54.1 Å². The van der Waals surface area contributed by atoms with E-state index in [1.54, 1.807) is 26.0 Å². The van der Waals surface area contributed by atoms with Crippen molar-refractivity contribution in [3.63, 3.8) is 0 Å². The second kappa shape index (κ2) is 12.8. The third-order valence-electron chi connectivity index (χ3n) is 5.51. The fourth-order valence-electron chi connectivity index (χ4n) is 3.74. The number of nitrogens with zero attached hydrogens (tertiary/aromatic N) is 1. The van der Waals surface area contributed by atoms with Crippen molar-refractivity contribution < 1.29 is 36.8 Å². The Labute approximate surface area is 241 Å². The summed E-state index contributed by atoms with van der Waals surface area (Å²) in [5.74, 6) is 1.81. The van der Waals surface area contributed by atoms with Crippen LogP contribution in [0.3, 0.4) is 0 Å². The number of rotatable bonds is 8. The lowest BCUT2D eigenvalue weighted by molar-refractivity contribution is -0.384. The Hall–Kier alpha value is -4.82. The number of nitro benzene ring substituents is 1. The first kappa shape index (κ1) is 30.1. The van der Waals surface area contributed by atoms with Crippen LogP contribution in [0.25, 0.3) is 0 Å². The minimum atomic E-state index is -1.27. The van der Waals surface area contributed by atoms with Crippen LogP contribution in [-0.2, 0) is 20.4 Å². The normalized spacial score (nSPS) is 11.0. The van der Waals surface area contributed by atoms with Gasteiger partial charge in [-0.1, -0.05) is 11.8 Å². The molecule has 42 heavy (non-hydrogen) atoms. The average Bonchev–Trinajstić information content (AvgIpc) is 2.91. The molecule has 0 saturated carbocycles. The van der Waals surface area contributed by atoms with Crippen LogP contribution >= 0.6 is 0 Å². The topological polar surface area (TPSA) is 78.7 Å². The summed E-state index contributed by atoms with van der Waals surface area (Å²) in [5.41, 5.74) is -0.763. The van der Waals surface area contributed by atoms with Crippen LogP contribution in [0.5, 0.6) is 5.75 Å². The van der Waals surface area contributed by atoms with Gasteiger partial charge in [-0.15, -0.1) is 0 Å². The van der Waals surface area contributed by atoms with Crippen LogP contribution in [0.2, 0.25) is 0 Å². The summed E-state index contributed by atoms with van der Waals surface area (Å²) in [7, 11) is -1.27. The molecule has 214 valence electrons. The van der Waals surface area contributed by atoms with Gasteiger partial charge in [0.2, 0.25) is 0 Å². The van der Waals surface area contributed by atoms with Crippen molar-refractivity contribution in [3.8, 4) is 17.6 Å². The van der Waals surface area contributed by atoms with Crippen LogP contribution in [0.1, 0.15) is 19.4 Å². The molecule has 0 atom stereocenters. The molecule has 0 heterocycles. The third-order valence-corrected chi connectivity index (χ3v) is 7.67. The fourth-order valence-corrected chi connectivity index (χ4v) is 5.89. The van der Waals surface area contributed by atoms with Gasteiger partial charge < -0.3 is 9.47 Å². The zero-order valence-electron chi connectivity index (χ0n) is 22.2. The van der Waals surface area contributed by atoms with Crippen LogP contribution in [-0.4, -0.2) is 23.1 Å². The Morgan fingerprint density at radius 3 is 1.79 bits per heavy atom. The highest BCUT2D eigenvalue weighted by Gasteiger charge is 2.31. The molecule has 0 unspecified atom stereocenters. The van der Waals surface area contributed by atoms with E-state index in [-0.39, 0.29) is 21.2 Å². The van der Waals surface area contributed by atoms with E-state index in [4.69, 9.17) is 9.47 Å². The monoisotopic (exact) mass is 596 g/mol. The number of carbonyl (C=O) groups is 1. The van der Waals surface area contributed by atoms with Crippen molar-refractivity contribution in [1.29, 1.82) is 0 Å². The van der Waals surface area contributed by atoms with E-state index < -0.39 is 57.3 Å². The molecule has 0 aromatic heterocycles. The van der Waals surface area contributed by atoms with Gasteiger partial charge in [0.05, 0.1) is 15.8 Å². The molecule has 0 saturated heterocycles. The standard InChI is InChI=1S/C31H22F4NO5S/c1-31(2,12-11-20-3-5-25(6-4-20)36(38)39)41-30(37)19-40-26-7-9-27(10-8-26)42(28-15-21(32)13-22(33)16-28)29-17-23(34)14-24(35)18-29/h3-10,13-18H,19H2,1-2H3/q+1. The number of nitro groups is 1. The quantitative estimate of drug-likeness (QED) is 0.0547. The molecular weight excluding hydrogens is 574 g/mol. The molecule has 0 bridgehead atoms. The molecule has 4 rings (SSSR count). The van der Waals surface area contributed by atoms with Gasteiger partial charge in [-0.2, -0.15) is 0 Å². The van der Waals surface area contributed by atoms with Gasteiger partial charge in [0.1, 0.15) is 29.0 Å². The maximum atomic E-state index is 14.0. The lowest BCUT2D eigenvalue weighted by Gasteiger charge is -2.19. The first-order valence-corrected chi connectivity index (χ1v) is 13.5. The lowest BCUT2D eigenvalue weighted by Crippen LogP contribution is -2.29. The van der Waals surface area contributed by atoms with Gasteiger partial charge in [-0.3, -0.25) is 10.1 Å². The summed E-state index contributed by atoms with van der Waals surface area (Å²) in [6.07, 6.45) is 0. The Bertz CT molecular complexity index is 1590. The van der Waals surface area contributed by atoms with E-state index in [1.807, 2.05) is 0 Å². The van der Waals surface area contributed by atoms with Gasteiger partial charge in [0.15, 0.2) is 26.9 Å². The van der Waals surface area contributed by atoms with Gasteiger partial charge >= 0.3 is 5.97 Å². The van der Waals surface area contributed by atoms with Crippen molar-refractivity contribution in [1.82, 2.24) is 0 Å². The number of esters is 1. The number of hydrogen-bond acceptors (Lipinski definition) is 5. The van der Waals surface area contributed by atoms with E-state index in [0.29, 0.717) is 22.6 Å². The molecule has 0 aliphatic heterocycles. The molecular formula is C31H22F4NO5S+. The highest BCUT2D eigenvalue weighted by Crippen LogP contribution is 2.34. The maximum absolute atomic E-state index is 14.0. The van der Waals surface area contributed by atoms with E-state index in [2.05, 4.69) is 11.8 Å². The van der Waals surface area contributed by atoms with Crippen molar-refractivity contribution >= 4 is 22.6 Å². The van der Waals surface area contributed by atoms with Crippen molar-refractivity contribution in [2.45, 2.75) is 34.1 Å². The predicted octanol–water partition coefficient (Wildman–Crippen LogP) is 7.00. The highest BCUT2D eigenvalue weighted by molar-refractivity contribution is 7.97. The third kappa shape index (κ3) is 8.11. The molecule has 0 fully saturated rings. The summed E-state index contributed by atoms with van der Waals surface area (Å²) in [6.45, 7) is 2.69. The fraction of sp³-hybridized carbons (Fsp3) is 0.129. The Morgan fingerprint density at radius 1 is 0.810 bits per heavy atom. The number of hydrogen-bond donors (Lipinski definition) is 0. The van der Waals surface area contributed by atoms with Gasteiger partial charge in [-0.05, 0) is 50.2 Å². The second-order valence-electron chi connectivity index (χ2n) is 9.31. The van der Waals surface area contributed by atoms with Crippen LogP contribution < -0.4 is 4.74 Å². The smallest absolute Gasteiger partial charge is 0.345 e. The number of halogens is 4. The summed E-state index contributed by atoms with van der Waals surface area (Å²) < 4.78 is 67.0. The van der Waals surface area contributed by atoms with Crippen molar-refractivity contribution in [3.05, 3.63) is 124 Å². The summed E-state index contributed by atoms with van der Waals surface area (Å²) >= 11 is 0. The molecule has 0 amide bonds. The zero-order chi connectivity index (χ0) is 30.4. The molecule has 11 heteroatoms. The van der Waals surface area contributed by atoms with Crippen LogP contribution in [0.4, 0.5) is 23.2 Å². The first-order chi connectivity index (χ1) is 19.9. The average molecular weight is 597 g/mol. The minimum Gasteiger partial charge on any atom is -0.482 e. The van der Waals surface area contributed by atoms with Crippen LogP contribution in [0.15, 0.2) is 99.6 Å². The molecule has 4 aromatic carbocycles. The van der Waals surface area contributed by atoms with Crippen LogP contribution in [0, 0.1) is 45.2 Å². The number of carbonyl (C=O) groups excluding carboxylic acids is 1. The largest absolute Gasteiger partial charge is 0.482 e. The predicted molar refractivity (Wildman–Crippen MR) is 147 cm³/mol. The van der Waals surface area contributed by atoms with Crippen molar-refractivity contribution in [2.75, 3.05) is 6.61 Å². The van der Waals surface area contributed by atoms with E-state index in [9.17, 15) is 32.5 Å². The number of ether oxygens (including phenoxy) is 2. The first-order valence-electron chi connectivity index (χ1n) is 12.3. The van der Waals surface area contributed by atoms with Gasteiger partial charge in [-0.25, -0.2) is 22.4 Å². The number of benzene rings is 4. The molecule has 0 aliphatic rings. The molecule has 0 N–H and O–H groups in total. The Morgan fingerprint density at radius 2 is 1.31 bits per heavy atom. The molecule has 0 aliphatic carbocycles. The SMILES string of the molecule is CC(C)(C#Cc1ccc([N+](=O)[O-])cc1)OC(=O)COc1ccc([S+](c2cc(F)cc(F)c2)c2cc(F)cc(F)c2)cc1. The Balaban J connectivity index is 1.45. The van der Waals surface area contributed by atoms with E-state index in [1.165, 1.54) is 36.4 Å². The molecule has 0 radical (unpaired) electrons. The zero-order valence-corrected chi connectivity index (χ0v) is 23.0. The molecule has 4 aromatic rings. The molecule has 0 spiro atoms. The Kier molecular flexibility index (Phi) is 9.18. The summed E-state index contributed by atoms with van der Waals surface area (Å²) in [5, 5.41) is 10.8. The highest BCUT2D eigenvalue weighted by atomic mass is 32.2. The number of non-ortho nitro benzene ring substituents is 1.